The molecule has 0 aliphatic heterocycles. The Hall–Kier alpha value is -1.03. The van der Waals surface area contributed by atoms with E-state index in [9.17, 15) is 4.79 Å². The maximum atomic E-state index is 11.7. The standard InChI is InChI=1S/C9H9BrN2O/c1-6-5-7(10)12-4-3-11(2)9(13)8(6)12/h3-5H,1-2H3. The zero-order chi connectivity index (χ0) is 9.59. The minimum absolute atomic E-state index is 0.0331. The van der Waals surface area contributed by atoms with Crippen LogP contribution in [0.1, 0.15) is 5.56 Å². The monoisotopic (exact) mass is 240 g/mol. The van der Waals surface area contributed by atoms with E-state index in [2.05, 4.69) is 15.9 Å². The molecule has 2 heterocycles. The molecule has 0 aliphatic rings. The third-order valence-corrected chi connectivity index (χ3v) is 2.75. The fourth-order valence-corrected chi connectivity index (χ4v) is 2.07. The number of rotatable bonds is 0. The van der Waals surface area contributed by atoms with Gasteiger partial charge in [0.25, 0.3) is 5.56 Å². The second-order valence-corrected chi connectivity index (χ2v) is 3.90. The van der Waals surface area contributed by atoms with Gasteiger partial charge in [0.1, 0.15) is 5.52 Å². The van der Waals surface area contributed by atoms with E-state index in [0.29, 0.717) is 0 Å². The lowest BCUT2D eigenvalue weighted by atomic mass is 10.3. The number of hydrogen-bond acceptors (Lipinski definition) is 1. The van der Waals surface area contributed by atoms with Crippen LogP contribution in [0.3, 0.4) is 0 Å². The summed E-state index contributed by atoms with van der Waals surface area (Å²) in [5.74, 6) is 0. The maximum absolute atomic E-state index is 11.7. The van der Waals surface area contributed by atoms with Crippen LogP contribution in [0.25, 0.3) is 5.52 Å². The van der Waals surface area contributed by atoms with Crippen molar-refractivity contribution in [3.63, 3.8) is 0 Å². The van der Waals surface area contributed by atoms with Crippen LogP contribution in [0.5, 0.6) is 0 Å². The van der Waals surface area contributed by atoms with Crippen LogP contribution in [-0.4, -0.2) is 8.97 Å². The van der Waals surface area contributed by atoms with Crippen molar-refractivity contribution >= 4 is 21.4 Å². The minimum atomic E-state index is 0.0331. The van der Waals surface area contributed by atoms with E-state index in [4.69, 9.17) is 0 Å². The van der Waals surface area contributed by atoms with Gasteiger partial charge in [-0.2, -0.15) is 0 Å². The van der Waals surface area contributed by atoms with Crippen molar-refractivity contribution in [3.05, 3.63) is 39.0 Å². The topological polar surface area (TPSA) is 26.4 Å². The average molecular weight is 241 g/mol. The van der Waals surface area contributed by atoms with Gasteiger partial charge in [-0.25, -0.2) is 0 Å². The van der Waals surface area contributed by atoms with Gasteiger partial charge >= 0.3 is 0 Å². The van der Waals surface area contributed by atoms with Gasteiger partial charge in [0.2, 0.25) is 0 Å². The zero-order valence-corrected chi connectivity index (χ0v) is 9.00. The van der Waals surface area contributed by atoms with Crippen molar-refractivity contribution in [1.29, 1.82) is 0 Å². The Bertz CT molecular complexity index is 524. The molecule has 0 aromatic carbocycles. The SMILES string of the molecule is Cc1cc(Br)n2ccn(C)c(=O)c12. The van der Waals surface area contributed by atoms with Gasteiger partial charge in [-0.15, -0.1) is 0 Å². The normalized spacial score (nSPS) is 11.0. The lowest BCUT2D eigenvalue weighted by Gasteiger charge is -1.99. The second-order valence-electron chi connectivity index (χ2n) is 3.08. The largest absolute Gasteiger partial charge is 0.315 e. The molecule has 68 valence electrons. The third-order valence-electron chi connectivity index (χ3n) is 2.14. The Balaban J connectivity index is 3.08. The van der Waals surface area contributed by atoms with Gasteiger partial charge in [-0.1, -0.05) is 0 Å². The highest BCUT2D eigenvalue weighted by atomic mass is 79.9. The van der Waals surface area contributed by atoms with Crippen molar-refractivity contribution in [2.24, 2.45) is 7.05 Å². The number of nitrogens with zero attached hydrogens (tertiary/aromatic N) is 2. The molecule has 0 N–H and O–H groups in total. The lowest BCUT2D eigenvalue weighted by Crippen LogP contribution is -2.18. The van der Waals surface area contributed by atoms with Gasteiger partial charge in [0.05, 0.1) is 4.60 Å². The summed E-state index contributed by atoms with van der Waals surface area (Å²) in [5.41, 5.74) is 1.76. The smallest absolute Gasteiger partial charge is 0.274 e. The number of halogens is 1. The lowest BCUT2D eigenvalue weighted by molar-refractivity contribution is 0.843. The predicted octanol–water partition coefficient (Wildman–Crippen LogP) is 1.71. The van der Waals surface area contributed by atoms with E-state index in [1.807, 2.05) is 23.6 Å². The number of aromatic nitrogens is 2. The van der Waals surface area contributed by atoms with Crippen molar-refractivity contribution in [1.82, 2.24) is 8.97 Å². The highest BCUT2D eigenvalue weighted by Gasteiger charge is 2.07. The van der Waals surface area contributed by atoms with Gasteiger partial charge in [-0.05, 0) is 34.5 Å². The summed E-state index contributed by atoms with van der Waals surface area (Å²) in [7, 11) is 1.75. The summed E-state index contributed by atoms with van der Waals surface area (Å²) in [6.07, 6.45) is 3.62. The van der Waals surface area contributed by atoms with Crippen LogP contribution in [0.4, 0.5) is 0 Å². The van der Waals surface area contributed by atoms with Crippen LogP contribution in [0, 0.1) is 6.92 Å². The highest BCUT2D eigenvalue weighted by Crippen LogP contribution is 2.17. The molecule has 0 unspecified atom stereocenters. The Morgan fingerprint density at radius 3 is 2.77 bits per heavy atom. The first-order chi connectivity index (χ1) is 6.11. The van der Waals surface area contributed by atoms with Crippen molar-refractivity contribution < 1.29 is 0 Å². The molecule has 2 rings (SSSR count). The molecule has 13 heavy (non-hydrogen) atoms. The molecule has 4 heteroatoms. The van der Waals surface area contributed by atoms with Crippen LogP contribution < -0.4 is 5.56 Å². The summed E-state index contributed by atoms with van der Waals surface area (Å²) in [4.78, 5) is 11.7. The minimum Gasteiger partial charge on any atom is -0.315 e. The molecule has 2 aromatic heterocycles. The van der Waals surface area contributed by atoms with Crippen LogP contribution in [0.15, 0.2) is 27.9 Å². The first-order valence-corrected chi connectivity index (χ1v) is 4.73. The van der Waals surface area contributed by atoms with Crippen LogP contribution >= 0.6 is 15.9 Å². The molecular formula is C9H9BrN2O. The van der Waals surface area contributed by atoms with Crippen LogP contribution in [-0.2, 0) is 7.05 Å². The van der Waals surface area contributed by atoms with Gasteiger partial charge < -0.3 is 8.97 Å². The van der Waals surface area contributed by atoms with Gasteiger partial charge in [0, 0.05) is 19.4 Å². The van der Waals surface area contributed by atoms with E-state index in [1.165, 1.54) is 0 Å². The summed E-state index contributed by atoms with van der Waals surface area (Å²) in [5, 5.41) is 0. The van der Waals surface area contributed by atoms with E-state index in [1.54, 1.807) is 17.8 Å². The summed E-state index contributed by atoms with van der Waals surface area (Å²) in [6.45, 7) is 1.93. The molecule has 0 radical (unpaired) electrons. The summed E-state index contributed by atoms with van der Waals surface area (Å²) >= 11 is 3.39. The molecule has 0 aliphatic carbocycles. The molecular weight excluding hydrogens is 232 g/mol. The number of hydrogen-bond donors (Lipinski definition) is 0. The molecule has 0 atom stereocenters. The third kappa shape index (κ3) is 1.13. The highest BCUT2D eigenvalue weighted by molar-refractivity contribution is 9.10. The summed E-state index contributed by atoms with van der Waals surface area (Å²) < 4.78 is 4.34. The molecule has 0 saturated heterocycles. The number of fused-ring (bicyclic) bond motifs is 1. The molecule has 0 fully saturated rings. The van der Waals surface area contributed by atoms with E-state index in [-0.39, 0.29) is 5.56 Å². The molecule has 0 bridgehead atoms. The van der Waals surface area contributed by atoms with E-state index in [0.717, 1.165) is 15.7 Å². The first-order valence-electron chi connectivity index (χ1n) is 3.94. The number of aryl methyl sites for hydroxylation is 2. The Kier molecular flexibility index (Phi) is 1.80. The van der Waals surface area contributed by atoms with E-state index < -0.39 is 0 Å². The molecule has 2 aromatic rings. The predicted molar refractivity (Wildman–Crippen MR) is 55.1 cm³/mol. The maximum Gasteiger partial charge on any atom is 0.274 e. The molecule has 0 amide bonds. The Morgan fingerprint density at radius 2 is 2.08 bits per heavy atom. The second kappa shape index (κ2) is 2.73. The molecule has 0 saturated carbocycles. The van der Waals surface area contributed by atoms with Crippen LogP contribution in [0.2, 0.25) is 0 Å². The average Bonchev–Trinajstić information content (AvgIpc) is 2.35. The first kappa shape index (κ1) is 8.56. The summed E-state index contributed by atoms with van der Waals surface area (Å²) in [6, 6.07) is 1.94. The Morgan fingerprint density at radius 1 is 1.38 bits per heavy atom. The van der Waals surface area contributed by atoms with Gasteiger partial charge in [0.15, 0.2) is 0 Å². The van der Waals surface area contributed by atoms with Crippen molar-refractivity contribution in [2.75, 3.05) is 0 Å². The molecule has 0 spiro atoms. The fourth-order valence-electron chi connectivity index (χ4n) is 1.43. The van der Waals surface area contributed by atoms with E-state index >= 15 is 0 Å². The molecule has 3 nitrogen and oxygen atoms in total. The van der Waals surface area contributed by atoms with Gasteiger partial charge in [-0.3, -0.25) is 4.79 Å². The quantitative estimate of drug-likeness (QED) is 0.689. The zero-order valence-electron chi connectivity index (χ0n) is 7.41. The Labute approximate surface area is 83.7 Å². The van der Waals surface area contributed by atoms with Crippen molar-refractivity contribution in [2.45, 2.75) is 6.92 Å². The van der Waals surface area contributed by atoms with Crippen molar-refractivity contribution in [3.8, 4) is 0 Å². The fraction of sp³-hybridized carbons (Fsp3) is 0.222.